The SMILES string of the molecule is CCCNC(=O)CNC(=O)Cc1cn(-c2ccccc2)nc1-c1ccc(Cl)cc1. The standard InChI is InChI=1S/C22H23ClN4O2/c1-2-12-24-21(29)14-25-20(28)13-17-15-27(19-6-4-3-5-7-19)26-22(17)16-8-10-18(23)11-9-16/h3-11,15H,2,12-14H2,1H3,(H,24,29)(H,25,28). The highest BCUT2D eigenvalue weighted by Gasteiger charge is 2.16. The second-order valence-electron chi connectivity index (χ2n) is 6.59. The number of hydrogen-bond acceptors (Lipinski definition) is 3. The van der Waals surface area contributed by atoms with Gasteiger partial charge >= 0.3 is 0 Å². The van der Waals surface area contributed by atoms with Gasteiger partial charge in [0.05, 0.1) is 24.3 Å². The van der Waals surface area contributed by atoms with Crippen LogP contribution in [-0.4, -0.2) is 34.7 Å². The summed E-state index contributed by atoms with van der Waals surface area (Å²) in [5, 5.41) is 10.7. The van der Waals surface area contributed by atoms with Gasteiger partial charge in [-0.3, -0.25) is 9.59 Å². The summed E-state index contributed by atoms with van der Waals surface area (Å²) in [5.74, 6) is -0.433. The summed E-state index contributed by atoms with van der Waals surface area (Å²) in [4.78, 5) is 24.1. The van der Waals surface area contributed by atoms with E-state index in [1.54, 1.807) is 16.8 Å². The van der Waals surface area contributed by atoms with Crippen LogP contribution in [0, 0.1) is 0 Å². The Morgan fingerprint density at radius 2 is 1.72 bits per heavy atom. The summed E-state index contributed by atoms with van der Waals surface area (Å²) in [5.41, 5.74) is 3.24. The summed E-state index contributed by atoms with van der Waals surface area (Å²) >= 11 is 6.00. The van der Waals surface area contributed by atoms with Gasteiger partial charge in [0.2, 0.25) is 11.8 Å². The number of carbonyl (C=O) groups excluding carboxylic acids is 2. The molecule has 2 N–H and O–H groups in total. The minimum Gasteiger partial charge on any atom is -0.355 e. The van der Waals surface area contributed by atoms with Crippen molar-refractivity contribution in [1.82, 2.24) is 20.4 Å². The Labute approximate surface area is 174 Å². The molecular weight excluding hydrogens is 388 g/mol. The van der Waals surface area contributed by atoms with Gasteiger partial charge in [0, 0.05) is 28.9 Å². The quantitative estimate of drug-likeness (QED) is 0.597. The third-order valence-electron chi connectivity index (χ3n) is 4.30. The molecule has 3 aromatic rings. The number of para-hydroxylation sites is 1. The van der Waals surface area contributed by atoms with Crippen molar-refractivity contribution in [2.75, 3.05) is 13.1 Å². The van der Waals surface area contributed by atoms with Crippen LogP contribution >= 0.6 is 11.6 Å². The molecule has 0 saturated carbocycles. The van der Waals surface area contributed by atoms with E-state index in [-0.39, 0.29) is 24.8 Å². The van der Waals surface area contributed by atoms with Crippen LogP contribution in [0.1, 0.15) is 18.9 Å². The van der Waals surface area contributed by atoms with E-state index in [0.717, 1.165) is 23.2 Å². The molecule has 0 bridgehead atoms. The zero-order valence-electron chi connectivity index (χ0n) is 16.2. The lowest BCUT2D eigenvalue weighted by Gasteiger charge is -2.06. The largest absolute Gasteiger partial charge is 0.355 e. The van der Waals surface area contributed by atoms with Crippen LogP contribution in [0.4, 0.5) is 0 Å². The lowest BCUT2D eigenvalue weighted by atomic mass is 10.1. The maximum atomic E-state index is 12.4. The highest BCUT2D eigenvalue weighted by molar-refractivity contribution is 6.30. The predicted molar refractivity (Wildman–Crippen MR) is 114 cm³/mol. The number of nitrogens with one attached hydrogen (secondary N) is 2. The molecule has 3 rings (SSSR count). The van der Waals surface area contributed by atoms with E-state index in [9.17, 15) is 9.59 Å². The van der Waals surface area contributed by atoms with Crippen molar-refractivity contribution in [3.05, 3.63) is 71.4 Å². The van der Waals surface area contributed by atoms with E-state index in [2.05, 4.69) is 15.7 Å². The lowest BCUT2D eigenvalue weighted by molar-refractivity contribution is -0.125. The second-order valence-corrected chi connectivity index (χ2v) is 7.03. The molecule has 7 heteroatoms. The number of aromatic nitrogens is 2. The third-order valence-corrected chi connectivity index (χ3v) is 4.55. The topological polar surface area (TPSA) is 76.0 Å². The minimum atomic E-state index is -0.237. The van der Waals surface area contributed by atoms with Gasteiger partial charge in [0.25, 0.3) is 0 Å². The summed E-state index contributed by atoms with van der Waals surface area (Å²) in [6, 6.07) is 17.0. The highest BCUT2D eigenvalue weighted by Crippen LogP contribution is 2.25. The molecule has 0 saturated heterocycles. The van der Waals surface area contributed by atoms with Gasteiger partial charge in [0.1, 0.15) is 0 Å². The Kier molecular flexibility index (Phi) is 7.03. The Hall–Kier alpha value is -3.12. The van der Waals surface area contributed by atoms with Crippen LogP contribution in [0.15, 0.2) is 60.8 Å². The van der Waals surface area contributed by atoms with E-state index in [0.29, 0.717) is 17.3 Å². The average molecular weight is 411 g/mol. The molecule has 1 aromatic heterocycles. The van der Waals surface area contributed by atoms with Crippen LogP contribution < -0.4 is 10.6 Å². The molecule has 150 valence electrons. The fourth-order valence-electron chi connectivity index (χ4n) is 2.84. The van der Waals surface area contributed by atoms with Crippen LogP contribution in [0.3, 0.4) is 0 Å². The van der Waals surface area contributed by atoms with E-state index < -0.39 is 0 Å². The first kappa shape index (κ1) is 20.6. The molecule has 0 spiro atoms. The van der Waals surface area contributed by atoms with Crippen molar-refractivity contribution in [3.63, 3.8) is 0 Å². The molecule has 0 aliphatic rings. The van der Waals surface area contributed by atoms with E-state index in [1.165, 1.54) is 0 Å². The molecule has 0 fully saturated rings. The monoisotopic (exact) mass is 410 g/mol. The molecule has 0 aliphatic carbocycles. The molecule has 1 heterocycles. The molecule has 29 heavy (non-hydrogen) atoms. The minimum absolute atomic E-state index is 0.0397. The normalized spacial score (nSPS) is 10.6. The Balaban J connectivity index is 1.80. The number of rotatable bonds is 8. The van der Waals surface area contributed by atoms with Gasteiger partial charge in [-0.2, -0.15) is 5.10 Å². The van der Waals surface area contributed by atoms with Crippen molar-refractivity contribution in [3.8, 4) is 16.9 Å². The smallest absolute Gasteiger partial charge is 0.239 e. The van der Waals surface area contributed by atoms with Gasteiger partial charge in [-0.15, -0.1) is 0 Å². The molecule has 2 amide bonds. The lowest BCUT2D eigenvalue weighted by Crippen LogP contribution is -2.37. The first-order valence-corrected chi connectivity index (χ1v) is 9.88. The molecular formula is C22H23ClN4O2. The molecule has 0 atom stereocenters. The van der Waals surface area contributed by atoms with E-state index >= 15 is 0 Å². The molecule has 0 unspecified atom stereocenters. The van der Waals surface area contributed by atoms with Gasteiger partial charge in [-0.05, 0) is 30.7 Å². The molecule has 0 aliphatic heterocycles. The highest BCUT2D eigenvalue weighted by atomic mass is 35.5. The number of amides is 2. The first-order valence-electron chi connectivity index (χ1n) is 9.50. The average Bonchev–Trinajstić information content (AvgIpc) is 3.15. The Bertz CT molecular complexity index is 968. The second kappa shape index (κ2) is 9.89. The van der Waals surface area contributed by atoms with E-state index in [4.69, 9.17) is 11.6 Å². The summed E-state index contributed by atoms with van der Waals surface area (Å²) < 4.78 is 1.75. The Morgan fingerprint density at radius 1 is 1.00 bits per heavy atom. The Morgan fingerprint density at radius 3 is 2.41 bits per heavy atom. The number of carbonyl (C=O) groups is 2. The van der Waals surface area contributed by atoms with Gasteiger partial charge in [0.15, 0.2) is 0 Å². The number of halogens is 1. The molecule has 0 radical (unpaired) electrons. The van der Waals surface area contributed by atoms with Gasteiger partial charge < -0.3 is 10.6 Å². The van der Waals surface area contributed by atoms with Crippen molar-refractivity contribution < 1.29 is 9.59 Å². The van der Waals surface area contributed by atoms with Crippen molar-refractivity contribution >= 4 is 23.4 Å². The van der Waals surface area contributed by atoms with Crippen LogP contribution in [0.2, 0.25) is 5.02 Å². The zero-order chi connectivity index (χ0) is 20.6. The molecule has 2 aromatic carbocycles. The number of hydrogen-bond donors (Lipinski definition) is 2. The first-order chi connectivity index (χ1) is 14.1. The summed E-state index contributed by atoms with van der Waals surface area (Å²) in [7, 11) is 0. The summed E-state index contributed by atoms with van der Waals surface area (Å²) in [6.45, 7) is 2.53. The summed E-state index contributed by atoms with van der Waals surface area (Å²) in [6.07, 6.45) is 2.81. The fraction of sp³-hybridized carbons (Fsp3) is 0.227. The van der Waals surface area contributed by atoms with Crippen LogP contribution in [0.25, 0.3) is 16.9 Å². The van der Waals surface area contributed by atoms with E-state index in [1.807, 2.05) is 55.6 Å². The fourth-order valence-corrected chi connectivity index (χ4v) is 2.97. The maximum absolute atomic E-state index is 12.4. The van der Waals surface area contributed by atoms with Gasteiger partial charge in [-0.25, -0.2) is 4.68 Å². The van der Waals surface area contributed by atoms with Gasteiger partial charge in [-0.1, -0.05) is 48.9 Å². The molecule has 6 nitrogen and oxygen atoms in total. The third kappa shape index (κ3) is 5.68. The maximum Gasteiger partial charge on any atom is 0.239 e. The van der Waals surface area contributed by atoms with Crippen molar-refractivity contribution in [1.29, 1.82) is 0 Å². The predicted octanol–water partition coefficient (Wildman–Crippen LogP) is 3.38. The number of nitrogens with zero attached hydrogens (tertiary/aromatic N) is 2. The number of benzene rings is 2. The van der Waals surface area contributed by atoms with Crippen molar-refractivity contribution in [2.24, 2.45) is 0 Å². The van der Waals surface area contributed by atoms with Crippen LogP contribution in [-0.2, 0) is 16.0 Å². The van der Waals surface area contributed by atoms with Crippen molar-refractivity contribution in [2.45, 2.75) is 19.8 Å². The zero-order valence-corrected chi connectivity index (χ0v) is 16.9. The van der Waals surface area contributed by atoms with Crippen LogP contribution in [0.5, 0.6) is 0 Å².